The van der Waals surface area contributed by atoms with Crippen molar-refractivity contribution in [2.24, 2.45) is 0 Å². The van der Waals surface area contributed by atoms with E-state index in [-0.39, 0.29) is 11.7 Å². The molecule has 0 radical (unpaired) electrons. The Hall–Kier alpha value is -3.63. The van der Waals surface area contributed by atoms with Gasteiger partial charge in [0.25, 0.3) is 0 Å². The van der Waals surface area contributed by atoms with Gasteiger partial charge in [0, 0.05) is 23.1 Å². The van der Waals surface area contributed by atoms with Crippen LogP contribution in [-0.2, 0) is 16.1 Å². The number of amides is 1. The quantitative estimate of drug-likeness (QED) is 0.245. The number of nitrogens with zero attached hydrogens (tertiary/aromatic N) is 3. The first-order valence-electron chi connectivity index (χ1n) is 10.8. The van der Waals surface area contributed by atoms with E-state index in [4.69, 9.17) is 9.47 Å². The Morgan fingerprint density at radius 2 is 1.77 bits per heavy atom. The average molecular weight is 509 g/mol. The lowest BCUT2D eigenvalue weighted by molar-refractivity contribution is -0.113. The number of hydrogen-bond donors (Lipinski definition) is 1. The van der Waals surface area contributed by atoms with Gasteiger partial charge in [-0.25, -0.2) is 4.79 Å². The molecular formula is C25H24N4O4S2. The average Bonchev–Trinajstić information content (AvgIpc) is 3.51. The fourth-order valence-corrected chi connectivity index (χ4v) is 5.29. The molecule has 4 rings (SSSR count). The summed E-state index contributed by atoms with van der Waals surface area (Å²) in [4.78, 5) is 25.3. The van der Waals surface area contributed by atoms with E-state index in [0.717, 1.165) is 28.3 Å². The first-order valence-corrected chi connectivity index (χ1v) is 12.7. The number of aromatic nitrogens is 3. The fraction of sp³-hybridized carbons (Fsp3) is 0.200. The molecule has 0 saturated carbocycles. The largest absolute Gasteiger partial charge is 0.497 e. The summed E-state index contributed by atoms with van der Waals surface area (Å²) in [5.41, 5.74) is 2.85. The van der Waals surface area contributed by atoms with Gasteiger partial charge in [0.1, 0.15) is 16.3 Å². The monoisotopic (exact) mass is 508 g/mol. The van der Waals surface area contributed by atoms with E-state index in [0.29, 0.717) is 22.3 Å². The van der Waals surface area contributed by atoms with E-state index < -0.39 is 5.97 Å². The lowest BCUT2D eigenvalue weighted by Gasteiger charge is -2.09. The Morgan fingerprint density at radius 3 is 2.43 bits per heavy atom. The lowest BCUT2D eigenvalue weighted by atomic mass is 10.0. The van der Waals surface area contributed by atoms with Gasteiger partial charge in [-0.05, 0) is 36.8 Å². The van der Waals surface area contributed by atoms with Crippen LogP contribution < -0.4 is 10.1 Å². The maximum Gasteiger partial charge on any atom is 0.341 e. The van der Waals surface area contributed by atoms with E-state index >= 15 is 0 Å². The van der Waals surface area contributed by atoms with Crippen LogP contribution in [0.5, 0.6) is 5.75 Å². The van der Waals surface area contributed by atoms with Crippen LogP contribution in [0.3, 0.4) is 0 Å². The molecule has 0 aliphatic carbocycles. The van der Waals surface area contributed by atoms with Crippen molar-refractivity contribution >= 4 is 40.0 Å². The standard InChI is InChI=1S/C25H24N4O4S2/c1-4-29-22(17-10-12-18(32-2)13-11-17)27-28-25(29)35-15-20(30)26-23-21(24(31)33-3)19(14-34-23)16-8-6-5-7-9-16/h5-14H,4,15H2,1-3H3,(H,26,30). The number of hydrogen-bond acceptors (Lipinski definition) is 8. The van der Waals surface area contributed by atoms with E-state index in [1.54, 1.807) is 7.11 Å². The van der Waals surface area contributed by atoms with Crippen LogP contribution >= 0.6 is 23.1 Å². The molecule has 0 fully saturated rings. The Morgan fingerprint density at radius 1 is 1.03 bits per heavy atom. The molecule has 0 aliphatic rings. The number of benzene rings is 2. The molecule has 2 heterocycles. The second-order valence-corrected chi connectivity index (χ2v) is 9.15. The number of carbonyl (C=O) groups excluding carboxylic acids is 2. The van der Waals surface area contributed by atoms with E-state index in [2.05, 4.69) is 15.5 Å². The molecule has 2 aromatic carbocycles. The topological polar surface area (TPSA) is 95.3 Å². The molecule has 0 saturated heterocycles. The fourth-order valence-electron chi connectivity index (χ4n) is 3.51. The van der Waals surface area contributed by atoms with Crippen LogP contribution in [0.1, 0.15) is 17.3 Å². The SMILES string of the molecule is CCn1c(SCC(=O)Nc2scc(-c3ccccc3)c2C(=O)OC)nnc1-c1ccc(OC)cc1. The summed E-state index contributed by atoms with van der Waals surface area (Å²) in [6.07, 6.45) is 0. The molecule has 8 nitrogen and oxygen atoms in total. The van der Waals surface area contributed by atoms with Crippen molar-refractivity contribution < 1.29 is 19.1 Å². The predicted octanol–water partition coefficient (Wildman–Crippen LogP) is 5.22. The van der Waals surface area contributed by atoms with Crippen molar-refractivity contribution in [3.05, 3.63) is 65.5 Å². The smallest absolute Gasteiger partial charge is 0.341 e. The maximum absolute atomic E-state index is 12.8. The van der Waals surface area contributed by atoms with Gasteiger partial charge in [-0.1, -0.05) is 42.1 Å². The minimum atomic E-state index is -0.497. The van der Waals surface area contributed by atoms with E-state index in [1.807, 2.05) is 71.5 Å². The zero-order valence-electron chi connectivity index (χ0n) is 19.5. The highest BCUT2D eigenvalue weighted by atomic mass is 32.2. The number of esters is 1. The Balaban J connectivity index is 1.49. The number of nitrogens with one attached hydrogen (secondary N) is 1. The molecule has 0 aliphatic heterocycles. The number of anilines is 1. The molecule has 2 aromatic heterocycles. The van der Waals surface area contributed by atoms with Gasteiger partial charge in [-0.2, -0.15) is 0 Å². The molecule has 4 aromatic rings. The normalized spacial score (nSPS) is 10.7. The number of ether oxygens (including phenoxy) is 2. The van der Waals surface area contributed by atoms with Crippen molar-refractivity contribution in [3.8, 4) is 28.3 Å². The minimum Gasteiger partial charge on any atom is -0.497 e. The Bertz CT molecular complexity index is 1320. The third-order valence-electron chi connectivity index (χ3n) is 5.23. The number of rotatable bonds is 9. The second kappa shape index (κ2) is 11.2. The summed E-state index contributed by atoms with van der Waals surface area (Å²) in [5, 5.41) is 14.4. The van der Waals surface area contributed by atoms with Gasteiger partial charge in [-0.3, -0.25) is 4.79 Å². The van der Waals surface area contributed by atoms with E-state index in [1.165, 1.54) is 30.2 Å². The van der Waals surface area contributed by atoms with Gasteiger partial charge in [0.2, 0.25) is 5.91 Å². The third kappa shape index (κ3) is 5.39. The summed E-state index contributed by atoms with van der Waals surface area (Å²) in [6, 6.07) is 17.1. The number of methoxy groups -OCH3 is 2. The van der Waals surface area contributed by atoms with Crippen molar-refractivity contribution in [1.29, 1.82) is 0 Å². The van der Waals surface area contributed by atoms with Crippen molar-refractivity contribution in [2.45, 2.75) is 18.6 Å². The van der Waals surface area contributed by atoms with Crippen LogP contribution in [0.15, 0.2) is 65.1 Å². The van der Waals surface area contributed by atoms with Gasteiger partial charge in [0.05, 0.1) is 20.0 Å². The molecule has 1 N–H and O–H groups in total. The highest BCUT2D eigenvalue weighted by molar-refractivity contribution is 7.99. The zero-order chi connectivity index (χ0) is 24.8. The van der Waals surface area contributed by atoms with Gasteiger partial charge in [0.15, 0.2) is 11.0 Å². The number of carbonyl (C=O) groups is 2. The Labute approximate surface area is 211 Å². The lowest BCUT2D eigenvalue weighted by Crippen LogP contribution is -2.16. The molecule has 0 unspecified atom stereocenters. The highest BCUT2D eigenvalue weighted by Crippen LogP contribution is 2.36. The number of thiophene rings is 1. The predicted molar refractivity (Wildman–Crippen MR) is 138 cm³/mol. The van der Waals surface area contributed by atoms with Crippen LogP contribution in [0, 0.1) is 0 Å². The maximum atomic E-state index is 12.8. The summed E-state index contributed by atoms with van der Waals surface area (Å²) in [7, 11) is 2.95. The minimum absolute atomic E-state index is 0.111. The molecule has 0 bridgehead atoms. The summed E-state index contributed by atoms with van der Waals surface area (Å²) < 4.78 is 12.2. The van der Waals surface area contributed by atoms with Gasteiger partial charge < -0.3 is 19.4 Å². The number of thioether (sulfide) groups is 1. The molecule has 35 heavy (non-hydrogen) atoms. The first-order chi connectivity index (χ1) is 17.0. The van der Waals surface area contributed by atoms with Crippen LogP contribution in [0.2, 0.25) is 0 Å². The molecule has 0 atom stereocenters. The Kier molecular flexibility index (Phi) is 7.84. The van der Waals surface area contributed by atoms with Crippen LogP contribution in [0.4, 0.5) is 5.00 Å². The molecule has 0 spiro atoms. The first kappa shape index (κ1) is 24.5. The third-order valence-corrected chi connectivity index (χ3v) is 7.09. The second-order valence-electron chi connectivity index (χ2n) is 7.33. The molecular weight excluding hydrogens is 484 g/mol. The zero-order valence-corrected chi connectivity index (χ0v) is 21.1. The summed E-state index contributed by atoms with van der Waals surface area (Å²) >= 11 is 2.58. The van der Waals surface area contributed by atoms with Crippen LogP contribution in [0.25, 0.3) is 22.5 Å². The molecule has 180 valence electrons. The molecule has 10 heteroatoms. The van der Waals surface area contributed by atoms with Gasteiger partial charge >= 0.3 is 5.97 Å². The van der Waals surface area contributed by atoms with E-state index in [9.17, 15) is 9.59 Å². The van der Waals surface area contributed by atoms with Crippen LogP contribution in [-0.4, -0.2) is 46.6 Å². The molecule has 1 amide bonds. The highest BCUT2D eigenvalue weighted by Gasteiger charge is 2.23. The van der Waals surface area contributed by atoms with Crippen molar-refractivity contribution in [1.82, 2.24) is 14.8 Å². The summed E-state index contributed by atoms with van der Waals surface area (Å²) in [5.74, 6) is 0.843. The summed E-state index contributed by atoms with van der Waals surface area (Å²) in [6.45, 7) is 2.65. The van der Waals surface area contributed by atoms with Crippen molar-refractivity contribution in [2.75, 3.05) is 25.3 Å². The van der Waals surface area contributed by atoms with Gasteiger partial charge in [-0.15, -0.1) is 21.5 Å². The van der Waals surface area contributed by atoms with Crippen molar-refractivity contribution in [3.63, 3.8) is 0 Å².